The molecule has 0 fully saturated rings. The van der Waals surface area contributed by atoms with E-state index in [0.29, 0.717) is 6.61 Å². The lowest BCUT2D eigenvalue weighted by Gasteiger charge is -2.14. The summed E-state index contributed by atoms with van der Waals surface area (Å²) in [6.45, 7) is 1.71. The van der Waals surface area contributed by atoms with Gasteiger partial charge >= 0.3 is 12.3 Å². The monoisotopic (exact) mass is 397 g/mol. The summed E-state index contributed by atoms with van der Waals surface area (Å²) in [7, 11) is 1.53. The first-order chi connectivity index (χ1) is 13.2. The molecule has 0 unspecified atom stereocenters. The third kappa shape index (κ3) is 6.58. The van der Waals surface area contributed by atoms with Gasteiger partial charge in [-0.1, -0.05) is 12.1 Å². The Labute approximate surface area is 159 Å². The predicted octanol–water partition coefficient (Wildman–Crippen LogP) is 3.92. The maximum atomic E-state index is 12.2. The van der Waals surface area contributed by atoms with Crippen molar-refractivity contribution < 1.29 is 37.0 Å². The lowest BCUT2D eigenvalue weighted by atomic mass is 10.1. The van der Waals surface area contributed by atoms with E-state index in [0.717, 1.165) is 17.7 Å². The van der Waals surface area contributed by atoms with Crippen molar-refractivity contribution in [1.29, 1.82) is 0 Å². The Morgan fingerprint density at radius 1 is 1.11 bits per heavy atom. The molecule has 0 heterocycles. The number of amides is 1. The second-order valence-electron chi connectivity index (χ2n) is 5.74. The van der Waals surface area contributed by atoms with Crippen LogP contribution in [-0.2, 0) is 20.9 Å². The Bertz CT molecular complexity index is 821. The van der Waals surface area contributed by atoms with Crippen molar-refractivity contribution in [2.75, 3.05) is 12.4 Å². The highest BCUT2D eigenvalue weighted by Crippen LogP contribution is 2.24. The van der Waals surface area contributed by atoms with Gasteiger partial charge in [0.05, 0.1) is 12.2 Å². The number of nitrogens with one attached hydrogen (secondary N) is 1. The fourth-order valence-electron chi connectivity index (χ4n) is 2.22. The van der Waals surface area contributed by atoms with E-state index in [4.69, 9.17) is 9.47 Å². The summed E-state index contributed by atoms with van der Waals surface area (Å²) >= 11 is 0. The van der Waals surface area contributed by atoms with Crippen molar-refractivity contribution in [2.45, 2.75) is 26.0 Å². The van der Waals surface area contributed by atoms with Crippen molar-refractivity contribution in [3.63, 3.8) is 0 Å². The zero-order valence-corrected chi connectivity index (χ0v) is 15.1. The van der Waals surface area contributed by atoms with Gasteiger partial charge in [-0.15, -0.1) is 13.2 Å². The second kappa shape index (κ2) is 9.23. The molecule has 1 N–H and O–H groups in total. The highest BCUT2D eigenvalue weighted by atomic mass is 19.4. The number of alkyl halides is 3. The quantitative estimate of drug-likeness (QED) is 0.717. The largest absolute Gasteiger partial charge is 0.573 e. The number of hydrogen-bond donors (Lipinski definition) is 1. The van der Waals surface area contributed by atoms with Gasteiger partial charge in [0.1, 0.15) is 5.75 Å². The normalized spacial score (nSPS) is 12.2. The van der Waals surface area contributed by atoms with E-state index in [1.807, 2.05) is 0 Å². The van der Waals surface area contributed by atoms with Crippen LogP contribution in [0.2, 0.25) is 0 Å². The van der Waals surface area contributed by atoms with Crippen LogP contribution in [0, 0.1) is 0 Å². The Kier molecular flexibility index (Phi) is 7.00. The van der Waals surface area contributed by atoms with Gasteiger partial charge in [-0.25, -0.2) is 4.79 Å². The van der Waals surface area contributed by atoms with Crippen molar-refractivity contribution >= 4 is 17.6 Å². The standard InChI is InChI=1S/C19H18F3NO5/c1-12(27-18(25)14-5-3-4-13(10-14)11-26-2)17(24)23-15-6-8-16(9-7-15)28-19(20,21)22/h3-10,12H,11H2,1-2H3,(H,23,24)/t12-/m0/s1. The minimum Gasteiger partial charge on any atom is -0.449 e. The van der Waals surface area contributed by atoms with Gasteiger partial charge in [0.25, 0.3) is 5.91 Å². The summed E-state index contributed by atoms with van der Waals surface area (Å²) in [5.74, 6) is -1.73. The van der Waals surface area contributed by atoms with Crippen LogP contribution < -0.4 is 10.1 Å². The minimum atomic E-state index is -4.80. The fraction of sp³-hybridized carbons (Fsp3) is 0.263. The first-order valence-electron chi connectivity index (χ1n) is 8.13. The number of hydrogen-bond acceptors (Lipinski definition) is 5. The van der Waals surface area contributed by atoms with Crippen molar-refractivity contribution in [1.82, 2.24) is 0 Å². The Morgan fingerprint density at radius 3 is 2.39 bits per heavy atom. The van der Waals surface area contributed by atoms with E-state index in [2.05, 4.69) is 10.1 Å². The molecule has 0 saturated carbocycles. The van der Waals surface area contributed by atoms with E-state index in [1.165, 1.54) is 26.2 Å². The molecule has 0 aliphatic rings. The van der Waals surface area contributed by atoms with Crippen molar-refractivity contribution in [3.05, 3.63) is 59.7 Å². The molecule has 0 radical (unpaired) electrons. The zero-order chi connectivity index (χ0) is 20.7. The summed E-state index contributed by atoms with van der Waals surface area (Å²) in [5.41, 5.74) is 1.27. The molecule has 28 heavy (non-hydrogen) atoms. The zero-order valence-electron chi connectivity index (χ0n) is 15.1. The summed E-state index contributed by atoms with van der Waals surface area (Å²) in [4.78, 5) is 24.3. The maximum Gasteiger partial charge on any atom is 0.573 e. The van der Waals surface area contributed by atoms with Crippen molar-refractivity contribution in [2.24, 2.45) is 0 Å². The maximum absolute atomic E-state index is 12.2. The van der Waals surface area contributed by atoms with Crippen LogP contribution >= 0.6 is 0 Å². The number of carbonyl (C=O) groups is 2. The van der Waals surface area contributed by atoms with Crippen LogP contribution in [0.3, 0.4) is 0 Å². The topological polar surface area (TPSA) is 73.9 Å². The van der Waals surface area contributed by atoms with Crippen molar-refractivity contribution in [3.8, 4) is 5.75 Å². The highest BCUT2D eigenvalue weighted by Gasteiger charge is 2.31. The second-order valence-corrected chi connectivity index (χ2v) is 5.74. The highest BCUT2D eigenvalue weighted by molar-refractivity contribution is 5.97. The average molecular weight is 397 g/mol. The van der Waals surface area contributed by atoms with Crippen LogP contribution in [0.1, 0.15) is 22.8 Å². The molecule has 6 nitrogen and oxygen atoms in total. The Balaban J connectivity index is 1.93. The number of halogens is 3. The van der Waals surface area contributed by atoms with Crippen LogP contribution in [0.4, 0.5) is 18.9 Å². The first-order valence-corrected chi connectivity index (χ1v) is 8.13. The number of anilines is 1. The van der Waals surface area contributed by atoms with Gasteiger partial charge in [-0.2, -0.15) is 0 Å². The van der Waals surface area contributed by atoms with E-state index in [9.17, 15) is 22.8 Å². The number of rotatable bonds is 7. The molecule has 1 atom stereocenters. The number of carbonyl (C=O) groups excluding carboxylic acids is 2. The minimum absolute atomic E-state index is 0.226. The van der Waals surface area contributed by atoms with Gasteiger partial charge in [-0.05, 0) is 48.9 Å². The van der Waals surface area contributed by atoms with Gasteiger partial charge in [0.15, 0.2) is 6.10 Å². The average Bonchev–Trinajstić information content (AvgIpc) is 2.62. The third-order valence-corrected chi connectivity index (χ3v) is 3.48. The summed E-state index contributed by atoms with van der Waals surface area (Å²) < 4.78 is 50.3. The molecule has 2 rings (SSSR count). The molecule has 0 spiro atoms. The fourth-order valence-corrected chi connectivity index (χ4v) is 2.22. The van der Waals surface area contributed by atoms with E-state index >= 15 is 0 Å². The smallest absolute Gasteiger partial charge is 0.449 e. The summed E-state index contributed by atoms with van der Waals surface area (Å²) in [6.07, 6.45) is -5.92. The van der Waals surface area contributed by atoms with Crippen LogP contribution in [0.15, 0.2) is 48.5 Å². The SMILES string of the molecule is COCc1cccc(C(=O)O[C@@H](C)C(=O)Nc2ccc(OC(F)(F)F)cc2)c1. The molecule has 9 heteroatoms. The molecule has 0 aliphatic carbocycles. The van der Waals surface area contributed by atoms with Gasteiger partial charge in [0.2, 0.25) is 0 Å². The van der Waals surface area contributed by atoms with Gasteiger partial charge in [-0.3, -0.25) is 4.79 Å². The van der Waals surface area contributed by atoms with Crippen LogP contribution in [0.5, 0.6) is 5.75 Å². The summed E-state index contributed by atoms with van der Waals surface area (Å²) in [6, 6.07) is 11.2. The molecule has 1 amide bonds. The molecule has 2 aromatic rings. The molecule has 0 aromatic heterocycles. The number of methoxy groups -OCH3 is 1. The Hall–Kier alpha value is -3.07. The lowest BCUT2D eigenvalue weighted by molar-refractivity contribution is -0.274. The number of benzene rings is 2. The molecule has 150 valence electrons. The molecule has 0 saturated heterocycles. The molecule has 2 aromatic carbocycles. The van der Waals surface area contributed by atoms with Crippen LogP contribution in [0.25, 0.3) is 0 Å². The first kappa shape index (κ1) is 21.2. The predicted molar refractivity (Wildman–Crippen MR) is 93.8 cm³/mol. The third-order valence-electron chi connectivity index (χ3n) is 3.48. The van der Waals surface area contributed by atoms with E-state index < -0.39 is 30.1 Å². The molecule has 0 aliphatic heterocycles. The van der Waals surface area contributed by atoms with Crippen LogP contribution in [-0.4, -0.2) is 31.5 Å². The lowest BCUT2D eigenvalue weighted by Crippen LogP contribution is -2.30. The molecular weight excluding hydrogens is 379 g/mol. The summed E-state index contributed by atoms with van der Waals surface area (Å²) in [5, 5.41) is 2.45. The number of esters is 1. The van der Waals surface area contributed by atoms with E-state index in [1.54, 1.807) is 24.3 Å². The van der Waals surface area contributed by atoms with Gasteiger partial charge in [0, 0.05) is 12.8 Å². The molecular formula is C19H18F3NO5. The van der Waals surface area contributed by atoms with Gasteiger partial charge < -0.3 is 19.5 Å². The number of ether oxygens (including phenoxy) is 3. The Morgan fingerprint density at radius 2 is 1.79 bits per heavy atom. The molecule has 0 bridgehead atoms. The van der Waals surface area contributed by atoms with E-state index in [-0.39, 0.29) is 11.3 Å².